The number of aryl methyl sites for hydroxylation is 4. The third kappa shape index (κ3) is 10.7. The van der Waals surface area contributed by atoms with Gasteiger partial charge in [-0.3, -0.25) is 0 Å². The molecule has 2 nitrogen and oxygen atoms in total. The van der Waals surface area contributed by atoms with Gasteiger partial charge in [-0.2, -0.15) is 0 Å². The second-order valence-electron chi connectivity index (χ2n) is 17.7. The maximum atomic E-state index is 2.53. The second kappa shape index (κ2) is 21.1. The third-order valence-electron chi connectivity index (χ3n) is 12.9. The van der Waals surface area contributed by atoms with E-state index in [-0.39, 0.29) is 5.41 Å². The molecule has 0 N–H and O–H groups in total. The van der Waals surface area contributed by atoms with E-state index in [1.54, 1.807) is 0 Å². The zero-order valence-corrected chi connectivity index (χ0v) is 36.8. The predicted molar refractivity (Wildman–Crippen MR) is 250 cm³/mol. The molecule has 6 aromatic rings. The van der Waals surface area contributed by atoms with E-state index in [1.165, 1.54) is 182 Å². The van der Waals surface area contributed by atoms with Gasteiger partial charge in [0.15, 0.2) is 0 Å². The summed E-state index contributed by atoms with van der Waals surface area (Å²) in [7, 11) is 0. The van der Waals surface area contributed by atoms with Crippen molar-refractivity contribution in [3.8, 4) is 11.4 Å². The maximum Gasteiger partial charge on any atom is 0.0528 e. The van der Waals surface area contributed by atoms with Crippen LogP contribution in [0.15, 0.2) is 97.3 Å². The Balaban J connectivity index is 1.24. The van der Waals surface area contributed by atoms with Gasteiger partial charge in [0.05, 0.1) is 11.0 Å². The summed E-state index contributed by atoms with van der Waals surface area (Å²) in [6.07, 6.45) is 30.1. The number of hydrogen-bond donors (Lipinski definition) is 0. The van der Waals surface area contributed by atoms with Crippen LogP contribution in [0.4, 0.5) is 0 Å². The number of rotatable bonds is 24. The first kappa shape index (κ1) is 42.6. The Hall–Kier alpha value is -4.04. The summed E-state index contributed by atoms with van der Waals surface area (Å²) in [6.45, 7) is 14.1. The molecular weight excluding hydrogens is 689 g/mol. The average Bonchev–Trinajstić information content (AvgIpc) is 3.85. The van der Waals surface area contributed by atoms with E-state index in [9.17, 15) is 0 Å². The van der Waals surface area contributed by atoms with Gasteiger partial charge in [0, 0.05) is 40.0 Å². The molecule has 0 saturated carbocycles. The molecule has 57 heavy (non-hydrogen) atoms. The molecule has 0 aliphatic heterocycles. The Labute approximate surface area is 347 Å². The molecule has 0 aliphatic rings. The Morgan fingerprint density at radius 2 is 0.789 bits per heavy atom. The Bertz CT molecular complexity index is 1990. The van der Waals surface area contributed by atoms with Gasteiger partial charge in [-0.25, -0.2) is 0 Å². The van der Waals surface area contributed by atoms with Crippen LogP contribution in [0.5, 0.6) is 0 Å². The van der Waals surface area contributed by atoms with Gasteiger partial charge >= 0.3 is 0 Å². The van der Waals surface area contributed by atoms with E-state index in [2.05, 4.69) is 148 Å². The van der Waals surface area contributed by atoms with Gasteiger partial charge in [-0.05, 0) is 133 Å². The molecule has 0 radical (unpaired) electrons. The van der Waals surface area contributed by atoms with Crippen LogP contribution in [0.3, 0.4) is 0 Å². The minimum Gasteiger partial charge on any atom is -0.316 e. The van der Waals surface area contributed by atoms with Crippen LogP contribution >= 0.6 is 0 Å². The molecule has 0 unspecified atom stereocenters. The molecule has 0 saturated heterocycles. The van der Waals surface area contributed by atoms with Crippen LogP contribution in [-0.4, -0.2) is 9.13 Å². The van der Waals surface area contributed by atoms with Crippen molar-refractivity contribution < 1.29 is 0 Å². The highest BCUT2D eigenvalue weighted by Gasteiger charge is 2.26. The minimum absolute atomic E-state index is 0.132. The number of unbranched alkanes of at least 4 members (excludes halogenated alkanes) is 12. The molecular formula is C55H74N2. The predicted octanol–water partition coefficient (Wildman–Crippen LogP) is 16.4. The minimum atomic E-state index is -0.132. The summed E-state index contributed by atoms with van der Waals surface area (Å²) >= 11 is 0. The Morgan fingerprint density at radius 1 is 0.386 bits per heavy atom. The molecule has 0 amide bonds. The van der Waals surface area contributed by atoms with E-state index in [0.29, 0.717) is 0 Å². The lowest BCUT2D eigenvalue weighted by Crippen LogP contribution is -2.20. The topological polar surface area (TPSA) is 9.86 Å². The fourth-order valence-electron chi connectivity index (χ4n) is 9.05. The second-order valence-corrected chi connectivity index (χ2v) is 17.7. The summed E-state index contributed by atoms with van der Waals surface area (Å²) in [4.78, 5) is 0. The van der Waals surface area contributed by atoms with Crippen LogP contribution in [0, 0.1) is 0 Å². The van der Waals surface area contributed by atoms with Crippen molar-refractivity contribution in [1.29, 1.82) is 0 Å². The fourth-order valence-corrected chi connectivity index (χ4v) is 9.05. The molecule has 304 valence electrons. The summed E-state index contributed by atoms with van der Waals surface area (Å²) in [6, 6.07) is 33.7. The van der Waals surface area contributed by atoms with Crippen LogP contribution < -0.4 is 0 Å². The van der Waals surface area contributed by atoms with Crippen LogP contribution in [-0.2, 0) is 31.1 Å². The summed E-state index contributed by atoms with van der Waals surface area (Å²) < 4.78 is 4.89. The standard InChI is InChI=1S/C55H74N2/c1-7-11-15-17-19-21-23-43-27-31-51-47(39-43)35-37-56(51)53-33-29-49(41-45(53)25-13-9-3)55(5,6)50-30-34-54(46(42-50)26-14-10-4)57-38-36-48-40-44(28-32-52(48)57)24-22-20-18-16-12-8-2/h27-42H,7-26H2,1-6H3. The number of nitrogens with zero attached hydrogens (tertiary/aromatic N) is 2. The van der Waals surface area contributed by atoms with Gasteiger partial charge in [-0.1, -0.05) is 155 Å². The van der Waals surface area contributed by atoms with Crippen molar-refractivity contribution >= 4 is 21.8 Å². The molecule has 2 heteroatoms. The van der Waals surface area contributed by atoms with Crippen molar-refractivity contribution in [3.05, 3.63) is 131 Å². The summed E-state index contributed by atoms with van der Waals surface area (Å²) in [5.41, 5.74) is 13.8. The SMILES string of the molecule is CCCCCCCCc1ccc2c(ccn2-c2ccc(C(C)(C)c3ccc(-n4ccc5cc(CCCCCCCC)ccc54)c(CCCC)c3)cc2CCCC)c1. The maximum absolute atomic E-state index is 2.53. The van der Waals surface area contributed by atoms with Gasteiger partial charge in [-0.15, -0.1) is 0 Å². The smallest absolute Gasteiger partial charge is 0.0528 e. The van der Waals surface area contributed by atoms with E-state index < -0.39 is 0 Å². The Kier molecular flexibility index (Phi) is 15.8. The van der Waals surface area contributed by atoms with Gasteiger partial charge in [0.25, 0.3) is 0 Å². The van der Waals surface area contributed by atoms with Crippen molar-refractivity contribution in [2.45, 2.75) is 175 Å². The summed E-state index contributed by atoms with van der Waals surface area (Å²) in [5.74, 6) is 0. The van der Waals surface area contributed by atoms with Crippen molar-refractivity contribution in [2.24, 2.45) is 0 Å². The highest BCUT2D eigenvalue weighted by Crippen LogP contribution is 2.37. The molecule has 0 spiro atoms. The highest BCUT2D eigenvalue weighted by atomic mass is 15.0. The van der Waals surface area contributed by atoms with Crippen LogP contribution in [0.2, 0.25) is 0 Å². The lowest BCUT2D eigenvalue weighted by molar-refractivity contribution is 0.607. The molecule has 2 heterocycles. The first-order chi connectivity index (χ1) is 27.9. The van der Waals surface area contributed by atoms with Gasteiger partial charge < -0.3 is 9.13 Å². The van der Waals surface area contributed by atoms with E-state index >= 15 is 0 Å². The quantitative estimate of drug-likeness (QED) is 0.0544. The summed E-state index contributed by atoms with van der Waals surface area (Å²) in [5, 5.41) is 2.71. The first-order valence-corrected chi connectivity index (χ1v) is 23.3. The number of hydrogen-bond acceptors (Lipinski definition) is 0. The molecule has 0 atom stereocenters. The number of fused-ring (bicyclic) bond motifs is 2. The van der Waals surface area contributed by atoms with Gasteiger partial charge in [0.1, 0.15) is 0 Å². The van der Waals surface area contributed by atoms with Crippen molar-refractivity contribution in [3.63, 3.8) is 0 Å². The van der Waals surface area contributed by atoms with Crippen molar-refractivity contribution in [1.82, 2.24) is 9.13 Å². The lowest BCUT2D eigenvalue weighted by Gasteiger charge is -2.29. The van der Waals surface area contributed by atoms with Crippen LogP contribution in [0.25, 0.3) is 33.2 Å². The zero-order valence-electron chi connectivity index (χ0n) is 36.8. The number of benzene rings is 4. The molecule has 0 aliphatic carbocycles. The van der Waals surface area contributed by atoms with E-state index in [1.807, 2.05) is 0 Å². The Morgan fingerprint density at radius 3 is 1.21 bits per heavy atom. The molecule has 4 aromatic carbocycles. The largest absolute Gasteiger partial charge is 0.316 e. The normalized spacial score (nSPS) is 12.0. The molecule has 0 fully saturated rings. The van der Waals surface area contributed by atoms with Crippen molar-refractivity contribution in [2.75, 3.05) is 0 Å². The van der Waals surface area contributed by atoms with E-state index in [0.717, 1.165) is 12.8 Å². The van der Waals surface area contributed by atoms with Crippen LogP contribution in [0.1, 0.15) is 178 Å². The average molecular weight is 763 g/mol. The molecule has 2 aromatic heterocycles. The molecule has 0 bridgehead atoms. The molecule has 6 rings (SSSR count). The highest BCUT2D eigenvalue weighted by molar-refractivity contribution is 5.84. The fraction of sp³-hybridized carbons (Fsp3) is 0.491. The van der Waals surface area contributed by atoms with E-state index in [4.69, 9.17) is 0 Å². The first-order valence-electron chi connectivity index (χ1n) is 23.3. The number of aromatic nitrogens is 2. The van der Waals surface area contributed by atoms with Gasteiger partial charge in [0.2, 0.25) is 0 Å². The lowest BCUT2D eigenvalue weighted by atomic mass is 9.76. The zero-order chi connectivity index (χ0) is 40.0. The third-order valence-corrected chi connectivity index (χ3v) is 12.9. The monoisotopic (exact) mass is 763 g/mol.